The molecule has 0 aliphatic rings. The summed E-state index contributed by atoms with van der Waals surface area (Å²) in [4.78, 5) is 0. The third kappa shape index (κ3) is 111. The van der Waals surface area contributed by atoms with Gasteiger partial charge in [0.05, 0.1) is 0 Å². The Morgan fingerprint density at radius 3 is 0.324 bits per heavy atom. The average molecular weight is 2440 g/mol. The van der Waals surface area contributed by atoms with Crippen LogP contribution >= 0.6 is 0 Å². The molecular formula is C92H270O21Si26. The number of benzene rings is 2. The highest BCUT2D eigenvalue weighted by molar-refractivity contribution is 7.03. The van der Waals surface area contributed by atoms with Crippen molar-refractivity contribution in [1.29, 1.82) is 0 Å². The van der Waals surface area contributed by atoms with Crippen molar-refractivity contribution in [3.63, 3.8) is 0 Å². The van der Waals surface area contributed by atoms with Crippen LogP contribution in [0.4, 0.5) is 0 Å². The molecule has 0 amide bonds. The standard InChI is InChI=1S/C22H66O9Si10.C22H40O4Si5.2C10H30O3Si4.C8H24O2Si3.20CH4/c1-32(2,3)23-36(13,14)27-40(21,28-37(15,16)24-33(4,5)6)31-41(22,29-38(17,18)25-34(7,8)9)30-39(19,20)26-35(10,11)12;1-27(2,3)23-29(7,8)25-30(9,10)26-31(24-28(4,5)6,21-17-13-11-14-18-21)22-19-15-12-16-20-22;2*1-14(2,3)11-16(7,8)13-17(9,10)12-15(4,5)6;1-11(2,3)9-13(7,8)10-12(4,5)6;;;;;;;;;;;;;;;;;;;;/h1-22H3;11-20H,1-10H3;2*1-10H3;1-8H3;20*1H4. The summed E-state index contributed by atoms with van der Waals surface area (Å²) in [5, 5.41) is 2.25. The number of hydrogen-bond acceptors (Lipinski definition) is 21. The van der Waals surface area contributed by atoms with E-state index < -0.39 is 220 Å². The number of hydrogen-bond donors (Lipinski definition) is 0. The first-order chi connectivity index (χ1) is 51.1. The van der Waals surface area contributed by atoms with Gasteiger partial charge in [0.1, 0.15) is 0 Å². The summed E-state index contributed by atoms with van der Waals surface area (Å²) in [5.74, 6) is 0. The van der Waals surface area contributed by atoms with Crippen molar-refractivity contribution in [3.8, 4) is 0 Å². The Kier molecular flexibility index (Phi) is 104. The molecule has 2 rings (SSSR count). The second kappa shape index (κ2) is 72.1. The van der Waals surface area contributed by atoms with E-state index in [2.05, 4.69) is 428 Å². The summed E-state index contributed by atoms with van der Waals surface area (Å²) >= 11 is 0. The van der Waals surface area contributed by atoms with E-state index in [4.69, 9.17) is 86.4 Å². The molecular weight excluding hydrogens is 2170 g/mol. The lowest BCUT2D eigenvalue weighted by Gasteiger charge is -2.47. The quantitative estimate of drug-likeness (QED) is 0.0568. The highest BCUT2D eigenvalue weighted by Gasteiger charge is 2.60. The first-order valence-electron chi connectivity index (χ1n) is 42.9. The van der Waals surface area contributed by atoms with Crippen molar-refractivity contribution in [2.45, 2.75) is 541 Å². The molecule has 21 nitrogen and oxygen atoms in total. The van der Waals surface area contributed by atoms with E-state index in [1.54, 1.807) is 0 Å². The van der Waals surface area contributed by atoms with Gasteiger partial charge in [-0.05, 0) is 390 Å². The van der Waals surface area contributed by atoms with Crippen molar-refractivity contribution in [2.24, 2.45) is 0 Å². The van der Waals surface area contributed by atoms with Gasteiger partial charge in [-0.2, -0.15) is 0 Å². The summed E-state index contributed by atoms with van der Waals surface area (Å²) in [7, 11) is -56.1. The molecule has 0 aromatic heterocycles. The molecule has 0 aliphatic carbocycles. The maximum atomic E-state index is 7.16. The van der Waals surface area contributed by atoms with Crippen molar-refractivity contribution in [2.75, 3.05) is 0 Å². The summed E-state index contributed by atoms with van der Waals surface area (Å²) in [6, 6.07) is 20.9. The maximum Gasteiger partial charge on any atom is 0.472 e. The molecule has 0 unspecified atom stereocenters. The SMILES string of the molecule is C.C.C.C.C.C.C.C.C.C.C.C.C.C.C.C.C.C.C.C.C[Si](C)(C)O[Si](C)(C)O[Si](C)(C)C.C[Si](C)(C)O[Si](C)(C)O[Si](C)(C)O[Si](C)(C)C.C[Si](C)(C)O[Si](C)(C)O[Si](C)(C)O[Si](C)(C)C.C[Si](C)(C)O[Si](C)(C)O[Si](C)(C)O[Si](O[Si](C)(C)C)(c1ccccc1)c1ccccc1.C[Si](C)(C)O[Si](C)(C)O[Si](C)(O[Si](C)(C)O[Si](C)(C)C)O[Si](C)(O[Si](C)(C)O[Si](C)(C)C)O[Si](C)(C)O[Si](C)(C)C. The predicted molar refractivity (Wildman–Crippen MR) is 711 cm³/mol. The van der Waals surface area contributed by atoms with Crippen LogP contribution in [-0.2, 0) is 86.4 Å². The van der Waals surface area contributed by atoms with E-state index in [0.29, 0.717) is 0 Å². The fourth-order valence-electron chi connectivity index (χ4n) is 14.9. The van der Waals surface area contributed by atoms with Gasteiger partial charge in [-0.25, -0.2) is 0 Å². The summed E-state index contributed by atoms with van der Waals surface area (Å²) in [6.45, 7) is 130. The second-order valence-electron chi connectivity index (χ2n) is 48.0. The van der Waals surface area contributed by atoms with Crippen molar-refractivity contribution >= 4 is 231 Å². The van der Waals surface area contributed by atoms with E-state index in [1.165, 1.54) is 0 Å². The number of rotatable bonds is 44. The third-order valence-corrected chi connectivity index (χ3v) is 98.8. The van der Waals surface area contributed by atoms with E-state index in [-0.39, 0.29) is 149 Å². The third-order valence-electron chi connectivity index (χ3n) is 12.8. The van der Waals surface area contributed by atoms with Crippen LogP contribution in [0, 0.1) is 0 Å². The van der Waals surface area contributed by atoms with Crippen molar-refractivity contribution in [1.82, 2.24) is 0 Å². The monoisotopic (exact) mass is 2440 g/mol. The highest BCUT2D eigenvalue weighted by Crippen LogP contribution is 2.36. The van der Waals surface area contributed by atoms with Crippen LogP contribution in [0.25, 0.3) is 0 Å². The molecule has 0 fully saturated rings. The van der Waals surface area contributed by atoms with E-state index in [0.717, 1.165) is 10.4 Å². The minimum Gasteiger partial charge on any atom is -0.437 e. The Hall–Kier alpha value is 3.24. The lowest BCUT2D eigenvalue weighted by Crippen LogP contribution is -2.71. The second-order valence-corrected chi connectivity index (χ2v) is 152. The highest BCUT2D eigenvalue weighted by atomic mass is 28.6. The zero-order valence-electron chi connectivity index (χ0n) is 88.3. The molecule has 2 aromatic carbocycles. The van der Waals surface area contributed by atoms with Crippen LogP contribution in [0.2, 0.25) is 393 Å². The average Bonchev–Trinajstić information content (AvgIpc) is 0.757. The molecule has 868 valence electrons. The minimum absolute atomic E-state index is 0. The van der Waals surface area contributed by atoms with Crippen LogP contribution in [0.1, 0.15) is 149 Å². The van der Waals surface area contributed by atoms with Gasteiger partial charge in [0.2, 0.25) is 0 Å². The minimum atomic E-state index is -3.49. The Balaban J connectivity index is -0.0000000587. The van der Waals surface area contributed by atoms with Gasteiger partial charge in [-0.3, -0.25) is 0 Å². The molecule has 0 heterocycles. The molecule has 47 heteroatoms. The lowest BCUT2D eigenvalue weighted by atomic mass is 10.4. The molecule has 0 aliphatic heterocycles. The normalized spacial score (nSPS) is 12.9. The van der Waals surface area contributed by atoms with Crippen molar-refractivity contribution in [3.05, 3.63) is 60.7 Å². The van der Waals surface area contributed by atoms with Gasteiger partial charge < -0.3 is 86.4 Å². The van der Waals surface area contributed by atoms with Gasteiger partial charge in [-0.15, -0.1) is 0 Å². The Morgan fingerprint density at radius 1 is 0.108 bits per heavy atom. The van der Waals surface area contributed by atoms with Crippen molar-refractivity contribution < 1.29 is 86.4 Å². The molecule has 0 bridgehead atoms. The maximum absolute atomic E-state index is 7.16. The lowest BCUT2D eigenvalue weighted by molar-refractivity contribution is 0.150. The van der Waals surface area contributed by atoms with Crippen LogP contribution in [-0.4, -0.2) is 220 Å². The zero-order valence-corrected chi connectivity index (χ0v) is 114. The fourth-order valence-corrected chi connectivity index (χ4v) is 130. The molecule has 139 heavy (non-hydrogen) atoms. The Bertz CT molecular complexity index is 2980. The van der Waals surface area contributed by atoms with Crippen LogP contribution in [0.3, 0.4) is 0 Å². The molecule has 0 saturated heterocycles. The topological polar surface area (TPSA) is 194 Å². The van der Waals surface area contributed by atoms with Gasteiger partial charge in [0, 0.05) is 13.1 Å². The van der Waals surface area contributed by atoms with Gasteiger partial charge in [-0.1, -0.05) is 209 Å². The van der Waals surface area contributed by atoms with Crippen LogP contribution in [0.15, 0.2) is 60.7 Å². The molecule has 2 aromatic rings. The van der Waals surface area contributed by atoms with Crippen LogP contribution in [0.5, 0.6) is 0 Å². The molecule has 0 N–H and O–H groups in total. The Morgan fingerprint density at radius 2 is 0.209 bits per heavy atom. The molecule has 0 atom stereocenters. The summed E-state index contributed by atoms with van der Waals surface area (Å²) in [5.41, 5.74) is 0. The predicted octanol–water partition coefficient (Wildman–Crippen LogP) is 38.1. The van der Waals surface area contributed by atoms with E-state index in [1.807, 2.05) is 25.2 Å². The van der Waals surface area contributed by atoms with E-state index >= 15 is 0 Å². The summed E-state index contributed by atoms with van der Waals surface area (Å²) < 4.78 is 138. The largest absolute Gasteiger partial charge is 0.472 e. The molecule has 0 spiro atoms. The molecule has 0 radical (unpaired) electrons. The summed E-state index contributed by atoms with van der Waals surface area (Å²) in [6.07, 6.45) is 0. The molecule has 0 saturated carbocycles. The zero-order chi connectivity index (χ0) is 96.1. The fraction of sp³-hybridized carbons (Fsp3) is 0.870. The van der Waals surface area contributed by atoms with E-state index in [9.17, 15) is 0 Å². The smallest absolute Gasteiger partial charge is 0.437 e. The first-order valence-corrected chi connectivity index (χ1v) is 121. The van der Waals surface area contributed by atoms with Gasteiger partial charge in [0.25, 0.3) is 0 Å². The first kappa shape index (κ1) is 200. The van der Waals surface area contributed by atoms with Gasteiger partial charge in [0.15, 0.2) is 99.8 Å². The van der Waals surface area contributed by atoms with Crippen LogP contribution < -0.4 is 10.4 Å². The van der Waals surface area contributed by atoms with Gasteiger partial charge >= 0.3 is 120 Å². The Labute approximate surface area is 910 Å².